The maximum atomic E-state index is 11.4. The Balaban J connectivity index is 1.81. The molecule has 0 radical (unpaired) electrons. The Hall–Kier alpha value is -1.94. The number of ketones is 1. The summed E-state index contributed by atoms with van der Waals surface area (Å²) < 4.78 is 11.2. The van der Waals surface area contributed by atoms with Gasteiger partial charge in [0.15, 0.2) is 12.1 Å². The van der Waals surface area contributed by atoms with Crippen molar-refractivity contribution >= 4 is 17.4 Å². The zero-order valence-corrected chi connectivity index (χ0v) is 15.1. The van der Waals surface area contributed by atoms with Crippen molar-refractivity contribution in [1.82, 2.24) is 0 Å². The van der Waals surface area contributed by atoms with E-state index in [-0.39, 0.29) is 18.2 Å². The van der Waals surface area contributed by atoms with Gasteiger partial charge in [-0.25, -0.2) is 0 Å². The fourth-order valence-corrected chi connectivity index (χ4v) is 3.09. The highest BCUT2D eigenvalue weighted by Crippen LogP contribution is 2.30. The van der Waals surface area contributed by atoms with Gasteiger partial charge in [-0.1, -0.05) is 60.2 Å². The second-order valence-electron chi connectivity index (χ2n) is 6.17. The second kappa shape index (κ2) is 7.96. The van der Waals surface area contributed by atoms with E-state index in [4.69, 9.17) is 21.1 Å². The van der Waals surface area contributed by atoms with Crippen LogP contribution in [-0.4, -0.2) is 19.2 Å². The van der Waals surface area contributed by atoms with Crippen LogP contribution in [0.2, 0.25) is 5.02 Å². The zero-order valence-electron chi connectivity index (χ0n) is 14.4. The average molecular weight is 357 g/mol. The molecule has 3 nitrogen and oxygen atoms in total. The average Bonchev–Trinajstić information content (AvgIpc) is 2.64. The van der Waals surface area contributed by atoms with Crippen molar-refractivity contribution in [3.8, 4) is 0 Å². The summed E-state index contributed by atoms with van der Waals surface area (Å²) >= 11 is 6.39. The number of rotatable bonds is 5. The highest BCUT2D eigenvalue weighted by Gasteiger charge is 2.19. The number of benzene rings is 2. The minimum absolute atomic E-state index is 0.0699. The lowest BCUT2D eigenvalue weighted by atomic mass is 9.98. The van der Waals surface area contributed by atoms with E-state index in [0.29, 0.717) is 6.42 Å². The van der Waals surface area contributed by atoms with Gasteiger partial charge >= 0.3 is 0 Å². The molecule has 3 rings (SSSR count). The molecule has 0 fully saturated rings. The van der Waals surface area contributed by atoms with Crippen molar-refractivity contribution in [2.24, 2.45) is 0 Å². The van der Waals surface area contributed by atoms with Crippen molar-refractivity contribution < 1.29 is 14.3 Å². The number of hydrogen-bond acceptors (Lipinski definition) is 3. The van der Waals surface area contributed by atoms with Gasteiger partial charge in [0.1, 0.15) is 6.10 Å². The van der Waals surface area contributed by atoms with Gasteiger partial charge in [0.05, 0.1) is 0 Å². The molecule has 1 aliphatic rings. The van der Waals surface area contributed by atoms with Crippen LogP contribution in [0.4, 0.5) is 0 Å². The van der Waals surface area contributed by atoms with Gasteiger partial charge in [-0.05, 0) is 36.1 Å². The lowest BCUT2D eigenvalue weighted by Gasteiger charge is -2.25. The van der Waals surface area contributed by atoms with Gasteiger partial charge < -0.3 is 9.47 Å². The highest BCUT2D eigenvalue weighted by molar-refractivity contribution is 6.31. The molecule has 0 amide bonds. The van der Waals surface area contributed by atoms with Gasteiger partial charge in [0.2, 0.25) is 0 Å². The van der Waals surface area contributed by atoms with Gasteiger partial charge in [0.25, 0.3) is 0 Å². The number of carbonyl (C=O) groups excluding carboxylic acids is 1. The highest BCUT2D eigenvalue weighted by atomic mass is 35.5. The molecule has 2 aromatic carbocycles. The van der Waals surface area contributed by atoms with Crippen molar-refractivity contribution in [3.05, 3.63) is 81.9 Å². The molecular weight excluding hydrogens is 336 g/mol. The number of carbonyl (C=O) groups is 1. The molecular formula is C21H21ClO3. The number of methoxy groups -OCH3 is 1. The minimum Gasteiger partial charge on any atom is -0.356 e. The van der Waals surface area contributed by atoms with Gasteiger partial charge in [-0.15, -0.1) is 0 Å². The van der Waals surface area contributed by atoms with Crippen LogP contribution in [-0.2, 0) is 15.9 Å². The third-order valence-electron chi connectivity index (χ3n) is 4.35. The molecule has 0 aliphatic carbocycles. The summed E-state index contributed by atoms with van der Waals surface area (Å²) in [5.74, 6) is 0.0699. The maximum Gasteiger partial charge on any atom is 0.161 e. The van der Waals surface area contributed by atoms with E-state index < -0.39 is 0 Å². The van der Waals surface area contributed by atoms with E-state index in [1.165, 1.54) is 0 Å². The molecule has 0 N–H and O–H groups in total. The number of hydrogen-bond donors (Lipinski definition) is 0. The Bertz CT molecular complexity index is 780. The Morgan fingerprint density at radius 2 is 2.00 bits per heavy atom. The van der Waals surface area contributed by atoms with Gasteiger partial charge in [-0.2, -0.15) is 0 Å². The van der Waals surface area contributed by atoms with Crippen LogP contribution in [0, 0.1) is 0 Å². The monoisotopic (exact) mass is 356 g/mol. The Kier molecular flexibility index (Phi) is 5.69. The minimum atomic E-state index is -0.215. The van der Waals surface area contributed by atoms with Crippen molar-refractivity contribution in [2.45, 2.75) is 32.2 Å². The van der Waals surface area contributed by atoms with Crippen molar-refractivity contribution in [1.29, 1.82) is 0 Å². The van der Waals surface area contributed by atoms with Crippen LogP contribution in [0.1, 0.15) is 46.5 Å². The molecule has 0 unspecified atom stereocenters. The Labute approximate surface area is 153 Å². The van der Waals surface area contributed by atoms with Crippen molar-refractivity contribution in [2.75, 3.05) is 7.11 Å². The summed E-state index contributed by atoms with van der Waals surface area (Å²) in [5.41, 5.74) is 3.91. The lowest BCUT2D eigenvalue weighted by Crippen LogP contribution is -2.20. The van der Waals surface area contributed by atoms with Crippen LogP contribution in [0.3, 0.4) is 0 Å². The summed E-state index contributed by atoms with van der Waals surface area (Å²) in [7, 11) is 1.65. The molecule has 0 saturated heterocycles. The van der Waals surface area contributed by atoms with Crippen molar-refractivity contribution in [3.63, 3.8) is 0 Å². The molecule has 1 heterocycles. The smallest absolute Gasteiger partial charge is 0.161 e. The zero-order chi connectivity index (χ0) is 17.8. The quantitative estimate of drug-likeness (QED) is 0.550. The number of ether oxygens (including phenoxy) is 2. The SMILES string of the molecule is CO[C@@H]1CC=C[C@@H](c2ccc(Cl)c(Cc3ccc(C(C)=O)cc3)c2)O1. The lowest BCUT2D eigenvalue weighted by molar-refractivity contribution is -0.148. The van der Waals surface area contributed by atoms with Crippen LogP contribution >= 0.6 is 11.6 Å². The first-order chi connectivity index (χ1) is 12.1. The molecule has 25 heavy (non-hydrogen) atoms. The topological polar surface area (TPSA) is 35.5 Å². The number of halogens is 1. The fraction of sp³-hybridized carbons (Fsp3) is 0.286. The summed E-state index contributed by atoms with van der Waals surface area (Å²) in [4.78, 5) is 11.4. The van der Waals surface area contributed by atoms with E-state index >= 15 is 0 Å². The first-order valence-electron chi connectivity index (χ1n) is 8.30. The van der Waals surface area contributed by atoms with Crippen LogP contribution in [0.15, 0.2) is 54.6 Å². The first kappa shape index (κ1) is 17.9. The molecule has 4 heteroatoms. The van der Waals surface area contributed by atoms with Crippen LogP contribution < -0.4 is 0 Å². The molecule has 2 aromatic rings. The third kappa shape index (κ3) is 4.37. The van der Waals surface area contributed by atoms with Crippen LogP contribution in [0.5, 0.6) is 0 Å². The molecule has 0 aromatic heterocycles. The summed E-state index contributed by atoms with van der Waals surface area (Å²) in [5, 5.41) is 0.725. The largest absolute Gasteiger partial charge is 0.356 e. The van der Waals surface area contributed by atoms with E-state index in [0.717, 1.165) is 33.7 Å². The molecule has 0 bridgehead atoms. The predicted molar refractivity (Wildman–Crippen MR) is 99.1 cm³/mol. The number of Topliss-reactive ketones (excluding diaryl/α,β-unsaturated/α-hetero) is 1. The Morgan fingerprint density at radius 3 is 2.68 bits per heavy atom. The van der Waals surface area contributed by atoms with E-state index in [1.807, 2.05) is 42.5 Å². The molecule has 2 atom stereocenters. The Morgan fingerprint density at radius 1 is 1.24 bits per heavy atom. The second-order valence-corrected chi connectivity index (χ2v) is 6.57. The van der Waals surface area contributed by atoms with E-state index in [1.54, 1.807) is 14.0 Å². The van der Waals surface area contributed by atoms with Crippen LogP contribution in [0.25, 0.3) is 0 Å². The summed E-state index contributed by atoms with van der Waals surface area (Å²) in [6.07, 6.45) is 5.25. The summed E-state index contributed by atoms with van der Waals surface area (Å²) in [6, 6.07) is 13.6. The fourth-order valence-electron chi connectivity index (χ4n) is 2.90. The molecule has 0 saturated carbocycles. The molecule has 0 spiro atoms. The summed E-state index contributed by atoms with van der Waals surface area (Å²) in [6.45, 7) is 1.57. The standard InChI is InChI=1S/C21H21ClO3/c1-14(23)16-8-6-15(7-9-16)12-18-13-17(10-11-19(18)22)20-4-3-5-21(24-2)25-20/h3-4,6-11,13,20-21H,5,12H2,1-2H3/t20-,21-/m0/s1. The first-order valence-corrected chi connectivity index (χ1v) is 8.67. The molecule has 1 aliphatic heterocycles. The van der Waals surface area contributed by atoms with E-state index in [2.05, 4.69) is 12.1 Å². The normalized spacial score (nSPS) is 19.8. The van der Waals surface area contributed by atoms with Gasteiger partial charge in [0, 0.05) is 24.1 Å². The third-order valence-corrected chi connectivity index (χ3v) is 4.72. The maximum absolute atomic E-state index is 11.4. The predicted octanol–water partition coefficient (Wildman–Crippen LogP) is 5.12. The van der Waals surface area contributed by atoms with E-state index in [9.17, 15) is 4.79 Å². The molecule has 130 valence electrons. The van der Waals surface area contributed by atoms with Gasteiger partial charge in [-0.3, -0.25) is 4.79 Å².